The monoisotopic (exact) mass is 330 g/mol. The number of thiophene rings is 1. The highest BCUT2D eigenvalue weighted by Gasteiger charge is 2.18. The molecule has 0 radical (unpaired) electrons. The number of aromatic nitrogens is 2. The molecule has 0 bridgehead atoms. The van der Waals surface area contributed by atoms with Gasteiger partial charge in [-0.05, 0) is 18.4 Å². The third kappa shape index (κ3) is 3.82. The number of nitrogens with zero attached hydrogens (tertiary/aromatic N) is 2. The van der Waals surface area contributed by atoms with Gasteiger partial charge in [-0.2, -0.15) is 5.10 Å². The fourth-order valence-electron chi connectivity index (χ4n) is 2.07. The molecule has 0 fully saturated rings. The Balaban J connectivity index is 2.46. The van der Waals surface area contributed by atoms with Crippen LogP contribution in [0.5, 0.6) is 0 Å². The maximum atomic E-state index is 11.3. The maximum absolute atomic E-state index is 11.3. The molecule has 2 aromatic rings. The zero-order valence-corrected chi connectivity index (χ0v) is 13.8. The van der Waals surface area contributed by atoms with Gasteiger partial charge in [-0.15, -0.1) is 11.3 Å². The van der Waals surface area contributed by atoms with Gasteiger partial charge in [0, 0.05) is 11.6 Å². The molecule has 0 aliphatic rings. The van der Waals surface area contributed by atoms with Crippen molar-refractivity contribution in [3.63, 3.8) is 0 Å². The molecule has 0 aliphatic carbocycles. The molecule has 6 nitrogen and oxygen atoms in total. The minimum Gasteiger partial charge on any atom is -0.477 e. The Morgan fingerprint density at radius 1 is 1.48 bits per heavy atom. The van der Waals surface area contributed by atoms with Gasteiger partial charge in [0.1, 0.15) is 19.5 Å². The fourth-order valence-corrected chi connectivity index (χ4v) is 3.57. The normalized spacial score (nSPS) is 12.4. The van der Waals surface area contributed by atoms with Crippen molar-refractivity contribution in [3.8, 4) is 0 Å². The van der Waals surface area contributed by atoms with Gasteiger partial charge in [-0.25, -0.2) is 13.2 Å². The quantitative estimate of drug-likeness (QED) is 0.875. The molecule has 21 heavy (non-hydrogen) atoms. The number of carboxylic acids is 1. The van der Waals surface area contributed by atoms with Gasteiger partial charge in [-0.3, -0.25) is 4.68 Å². The van der Waals surface area contributed by atoms with Crippen LogP contribution in [0.2, 0.25) is 0 Å². The molecule has 0 aliphatic heterocycles. The highest BCUT2D eigenvalue weighted by Crippen LogP contribution is 2.30. The van der Waals surface area contributed by atoms with E-state index in [-0.39, 0.29) is 17.2 Å². The second-order valence-corrected chi connectivity index (χ2v) is 8.82. The molecule has 2 heterocycles. The van der Waals surface area contributed by atoms with Gasteiger partial charge in [0.05, 0.1) is 18.0 Å². The highest BCUT2D eigenvalue weighted by molar-refractivity contribution is 7.90. The summed E-state index contributed by atoms with van der Waals surface area (Å²) in [5.41, 5.74) is 0.831. The Hall–Kier alpha value is -1.41. The number of rotatable bonds is 6. The summed E-state index contributed by atoms with van der Waals surface area (Å²) < 4.78 is 24.2. The molecule has 2 rings (SSSR count). The Kier molecular flexibility index (Phi) is 4.38. The van der Waals surface area contributed by atoms with Crippen molar-refractivity contribution < 1.29 is 18.3 Å². The van der Waals surface area contributed by atoms with E-state index < -0.39 is 15.8 Å². The second kappa shape index (κ2) is 5.76. The van der Waals surface area contributed by atoms with Crippen LogP contribution in [0.3, 0.4) is 0 Å². The topological polar surface area (TPSA) is 89.3 Å². The number of aryl methyl sites for hydroxylation is 1. The van der Waals surface area contributed by atoms with Crippen molar-refractivity contribution in [2.75, 3.05) is 12.0 Å². The lowest BCUT2D eigenvalue weighted by molar-refractivity contribution is 0.0702. The molecule has 0 saturated carbocycles. The van der Waals surface area contributed by atoms with Crippen molar-refractivity contribution in [2.45, 2.75) is 26.8 Å². The fraction of sp³-hybridized carbons (Fsp3) is 0.538. The standard InChI is InChI=1S/C13H18N2O4S2/c1-8(2)6-10-9-7-11(13(16)17)20-12(9)15(14-10)4-5-21(3,18)19/h7-8H,4-6H2,1-3H3,(H,16,17). The summed E-state index contributed by atoms with van der Waals surface area (Å²) in [7, 11) is -3.09. The lowest BCUT2D eigenvalue weighted by atomic mass is 10.1. The smallest absolute Gasteiger partial charge is 0.345 e. The van der Waals surface area contributed by atoms with E-state index in [2.05, 4.69) is 18.9 Å². The van der Waals surface area contributed by atoms with Gasteiger partial charge in [0.25, 0.3) is 0 Å². The largest absolute Gasteiger partial charge is 0.477 e. The Bertz CT molecular complexity index is 772. The third-order valence-corrected chi connectivity index (χ3v) is 5.05. The Labute approximate surface area is 127 Å². The third-order valence-electron chi connectivity index (χ3n) is 2.99. The summed E-state index contributed by atoms with van der Waals surface area (Å²) in [4.78, 5) is 12.1. The highest BCUT2D eigenvalue weighted by atomic mass is 32.2. The van der Waals surface area contributed by atoms with Gasteiger partial charge in [0.15, 0.2) is 0 Å². The number of fused-ring (bicyclic) bond motifs is 1. The summed E-state index contributed by atoms with van der Waals surface area (Å²) in [6.45, 7) is 4.37. The van der Waals surface area contributed by atoms with E-state index in [1.807, 2.05) is 0 Å². The number of hydrogen-bond donors (Lipinski definition) is 1. The van der Waals surface area contributed by atoms with E-state index in [1.54, 1.807) is 10.7 Å². The van der Waals surface area contributed by atoms with Crippen LogP contribution >= 0.6 is 11.3 Å². The van der Waals surface area contributed by atoms with Crippen LogP contribution in [0.4, 0.5) is 0 Å². The summed E-state index contributed by atoms with van der Waals surface area (Å²) >= 11 is 1.14. The molecule has 0 aromatic carbocycles. The number of carboxylic acid groups (broad SMARTS) is 1. The van der Waals surface area contributed by atoms with E-state index in [0.717, 1.165) is 33.7 Å². The first-order valence-corrected chi connectivity index (χ1v) is 9.45. The Morgan fingerprint density at radius 3 is 2.67 bits per heavy atom. The van der Waals surface area contributed by atoms with Crippen molar-refractivity contribution in [1.29, 1.82) is 0 Å². The van der Waals surface area contributed by atoms with Crippen LogP contribution < -0.4 is 0 Å². The molecule has 8 heteroatoms. The van der Waals surface area contributed by atoms with Gasteiger partial charge in [0.2, 0.25) is 0 Å². The zero-order chi connectivity index (χ0) is 15.8. The Morgan fingerprint density at radius 2 is 2.14 bits per heavy atom. The minimum atomic E-state index is -3.09. The van der Waals surface area contributed by atoms with Crippen molar-refractivity contribution in [1.82, 2.24) is 9.78 Å². The summed E-state index contributed by atoms with van der Waals surface area (Å²) in [5, 5.41) is 14.4. The molecule has 0 atom stereocenters. The van der Waals surface area contributed by atoms with E-state index in [4.69, 9.17) is 5.11 Å². The van der Waals surface area contributed by atoms with Crippen LogP contribution in [-0.2, 0) is 22.8 Å². The average Bonchev–Trinajstić information content (AvgIpc) is 2.86. The van der Waals surface area contributed by atoms with Gasteiger partial charge >= 0.3 is 5.97 Å². The number of aromatic carboxylic acids is 1. The first-order chi connectivity index (χ1) is 9.67. The summed E-state index contributed by atoms with van der Waals surface area (Å²) in [6.07, 6.45) is 1.91. The second-order valence-electron chi connectivity index (χ2n) is 5.53. The number of sulfone groups is 1. The van der Waals surface area contributed by atoms with Crippen LogP contribution in [0.1, 0.15) is 29.2 Å². The van der Waals surface area contributed by atoms with Crippen LogP contribution in [-0.4, -0.2) is 41.3 Å². The average molecular weight is 330 g/mol. The molecule has 1 N–H and O–H groups in total. The molecule has 0 saturated heterocycles. The van der Waals surface area contributed by atoms with Crippen LogP contribution in [0.15, 0.2) is 6.07 Å². The number of carbonyl (C=O) groups is 1. The molecular weight excluding hydrogens is 312 g/mol. The summed E-state index contributed by atoms with van der Waals surface area (Å²) in [5.74, 6) is -0.591. The predicted molar refractivity (Wildman–Crippen MR) is 82.8 cm³/mol. The zero-order valence-electron chi connectivity index (χ0n) is 12.2. The first-order valence-electron chi connectivity index (χ1n) is 6.57. The van der Waals surface area contributed by atoms with E-state index in [9.17, 15) is 13.2 Å². The SMILES string of the molecule is CC(C)Cc1nn(CCS(C)(=O)=O)c2sc(C(=O)O)cc12. The molecule has 0 unspecified atom stereocenters. The molecule has 0 amide bonds. The molecule has 116 valence electrons. The van der Waals surface area contributed by atoms with Crippen molar-refractivity contribution in [3.05, 3.63) is 16.6 Å². The van der Waals surface area contributed by atoms with Crippen LogP contribution in [0.25, 0.3) is 10.2 Å². The lowest BCUT2D eigenvalue weighted by Gasteiger charge is -2.02. The lowest BCUT2D eigenvalue weighted by Crippen LogP contribution is -2.12. The molecule has 0 spiro atoms. The first kappa shape index (κ1) is 16.0. The predicted octanol–water partition coefficient (Wildman–Crippen LogP) is 2.04. The van der Waals surface area contributed by atoms with E-state index in [0.29, 0.717) is 5.92 Å². The minimum absolute atomic E-state index is 0.00873. The van der Waals surface area contributed by atoms with Crippen molar-refractivity contribution in [2.24, 2.45) is 5.92 Å². The molecular formula is C13H18N2O4S2. The number of hydrogen-bond acceptors (Lipinski definition) is 5. The molecule has 2 aromatic heterocycles. The summed E-state index contributed by atoms with van der Waals surface area (Å²) in [6, 6.07) is 1.63. The maximum Gasteiger partial charge on any atom is 0.345 e. The van der Waals surface area contributed by atoms with Gasteiger partial charge in [-0.1, -0.05) is 13.8 Å². The van der Waals surface area contributed by atoms with Gasteiger partial charge < -0.3 is 5.11 Å². The van der Waals surface area contributed by atoms with Crippen LogP contribution in [0, 0.1) is 5.92 Å². The van der Waals surface area contributed by atoms with E-state index in [1.165, 1.54) is 6.26 Å². The van der Waals surface area contributed by atoms with Crippen molar-refractivity contribution >= 4 is 37.4 Å². The van der Waals surface area contributed by atoms with E-state index >= 15 is 0 Å².